The van der Waals surface area contributed by atoms with Gasteiger partial charge in [-0.15, -0.1) is 11.3 Å². The highest BCUT2D eigenvalue weighted by Crippen LogP contribution is 2.26. The molecule has 0 radical (unpaired) electrons. The molecule has 0 aromatic carbocycles. The fourth-order valence-electron chi connectivity index (χ4n) is 1.70. The molecule has 0 atom stereocenters. The number of aromatic nitrogens is 1. The van der Waals surface area contributed by atoms with Crippen molar-refractivity contribution in [3.05, 3.63) is 52.2 Å². The van der Waals surface area contributed by atoms with Crippen LogP contribution in [0.5, 0.6) is 0 Å². The highest BCUT2D eigenvalue weighted by Gasteiger charge is 2.23. The Morgan fingerprint density at radius 3 is 2.84 bits per heavy atom. The molecule has 0 aliphatic heterocycles. The van der Waals surface area contributed by atoms with Crippen LogP contribution in [-0.4, -0.2) is 17.4 Å². The minimum atomic E-state index is -0.742. The first-order valence-corrected chi connectivity index (χ1v) is 6.81. The van der Waals surface area contributed by atoms with Crippen LogP contribution < -0.4 is 5.32 Å². The van der Waals surface area contributed by atoms with E-state index >= 15 is 0 Å². The number of carbonyl (C=O) groups is 1. The fourth-order valence-corrected chi connectivity index (χ4v) is 2.55. The lowest BCUT2D eigenvalue weighted by Crippen LogP contribution is -2.36. The van der Waals surface area contributed by atoms with Gasteiger partial charge >= 0.3 is 0 Å². The molecular formula is C14H15FN2OS. The molecular weight excluding hydrogens is 263 g/mol. The van der Waals surface area contributed by atoms with Crippen LogP contribution in [0, 0.1) is 5.95 Å². The summed E-state index contributed by atoms with van der Waals surface area (Å²) in [7, 11) is 0. The monoisotopic (exact) mass is 278 g/mol. The summed E-state index contributed by atoms with van der Waals surface area (Å²) in [5.74, 6) is -1.18. The van der Waals surface area contributed by atoms with Gasteiger partial charge in [0, 0.05) is 23.0 Å². The predicted molar refractivity (Wildman–Crippen MR) is 73.9 cm³/mol. The molecule has 2 aromatic heterocycles. The highest BCUT2D eigenvalue weighted by atomic mass is 32.1. The fraction of sp³-hybridized carbons (Fsp3) is 0.286. The molecule has 100 valence electrons. The van der Waals surface area contributed by atoms with Crippen molar-refractivity contribution >= 4 is 17.2 Å². The molecule has 0 aliphatic carbocycles. The van der Waals surface area contributed by atoms with Crippen molar-refractivity contribution in [3.63, 3.8) is 0 Å². The summed E-state index contributed by atoms with van der Waals surface area (Å²) in [4.78, 5) is 16.5. The normalized spacial score (nSPS) is 11.3. The molecule has 2 rings (SSSR count). The summed E-state index contributed by atoms with van der Waals surface area (Å²) < 4.78 is 13.4. The number of halogens is 1. The van der Waals surface area contributed by atoms with E-state index in [2.05, 4.69) is 10.3 Å². The maximum absolute atomic E-state index is 13.4. The molecule has 0 aliphatic rings. The molecule has 0 spiro atoms. The number of nitrogens with one attached hydrogen (secondary N) is 1. The lowest BCUT2D eigenvalue weighted by atomic mass is 9.91. The number of hydrogen-bond donors (Lipinski definition) is 1. The minimum Gasteiger partial charge on any atom is -0.351 e. The Morgan fingerprint density at radius 2 is 2.21 bits per heavy atom. The van der Waals surface area contributed by atoms with Crippen molar-refractivity contribution in [2.75, 3.05) is 6.54 Å². The summed E-state index contributed by atoms with van der Waals surface area (Å²) in [5, 5.41) is 4.76. The first-order chi connectivity index (χ1) is 9.00. The van der Waals surface area contributed by atoms with E-state index in [1.807, 2.05) is 31.4 Å². The van der Waals surface area contributed by atoms with Crippen molar-refractivity contribution in [2.45, 2.75) is 19.3 Å². The quantitative estimate of drug-likeness (QED) is 0.874. The average Bonchev–Trinajstić information content (AvgIpc) is 2.91. The molecule has 5 heteroatoms. The van der Waals surface area contributed by atoms with E-state index in [9.17, 15) is 9.18 Å². The van der Waals surface area contributed by atoms with Gasteiger partial charge in [0.05, 0.1) is 5.56 Å². The van der Waals surface area contributed by atoms with Crippen molar-refractivity contribution in [2.24, 2.45) is 0 Å². The largest absolute Gasteiger partial charge is 0.351 e. The van der Waals surface area contributed by atoms with Crippen molar-refractivity contribution < 1.29 is 9.18 Å². The van der Waals surface area contributed by atoms with Crippen molar-refractivity contribution in [3.8, 4) is 0 Å². The smallest absolute Gasteiger partial charge is 0.255 e. The number of thiophene rings is 1. The highest BCUT2D eigenvalue weighted by molar-refractivity contribution is 7.10. The van der Waals surface area contributed by atoms with Gasteiger partial charge in [0.15, 0.2) is 0 Å². The zero-order valence-electron chi connectivity index (χ0n) is 10.8. The zero-order chi connectivity index (χ0) is 13.9. The van der Waals surface area contributed by atoms with Crippen LogP contribution in [0.15, 0.2) is 35.8 Å². The lowest BCUT2D eigenvalue weighted by molar-refractivity contribution is 0.0941. The van der Waals surface area contributed by atoms with Gasteiger partial charge in [-0.05, 0) is 23.6 Å². The van der Waals surface area contributed by atoms with E-state index in [0.29, 0.717) is 6.54 Å². The van der Waals surface area contributed by atoms with E-state index < -0.39 is 11.9 Å². The molecule has 0 fully saturated rings. The number of carbonyl (C=O) groups excluding carboxylic acids is 1. The summed E-state index contributed by atoms with van der Waals surface area (Å²) in [6.45, 7) is 4.53. The predicted octanol–water partition coefficient (Wildman–Crippen LogP) is 2.99. The third-order valence-corrected chi connectivity index (χ3v) is 4.12. The molecule has 1 amide bonds. The van der Waals surface area contributed by atoms with Crippen LogP contribution in [0.3, 0.4) is 0 Å². The zero-order valence-corrected chi connectivity index (χ0v) is 11.6. The molecule has 0 unspecified atom stereocenters. The summed E-state index contributed by atoms with van der Waals surface area (Å²) in [5.41, 5.74) is -0.202. The Kier molecular flexibility index (Phi) is 3.95. The second kappa shape index (κ2) is 5.48. The van der Waals surface area contributed by atoms with Gasteiger partial charge in [-0.25, -0.2) is 4.98 Å². The second-order valence-corrected chi connectivity index (χ2v) is 5.83. The van der Waals surface area contributed by atoms with Crippen LogP contribution in [0.4, 0.5) is 4.39 Å². The second-order valence-electron chi connectivity index (χ2n) is 4.89. The third kappa shape index (κ3) is 3.17. The van der Waals surface area contributed by atoms with E-state index in [0.717, 1.165) is 0 Å². The third-order valence-electron chi connectivity index (χ3n) is 2.88. The number of amides is 1. The van der Waals surface area contributed by atoms with Crippen LogP contribution in [0.1, 0.15) is 29.1 Å². The number of hydrogen-bond acceptors (Lipinski definition) is 3. The molecule has 1 N–H and O–H groups in total. The number of rotatable bonds is 4. The standard InChI is InChI=1S/C14H15FN2OS/c1-14(2,11-6-4-8-19-11)9-17-13(18)10-5-3-7-16-12(10)15/h3-8H,9H2,1-2H3,(H,17,18). The summed E-state index contributed by atoms with van der Waals surface area (Å²) in [6, 6.07) is 6.98. The van der Waals surface area contributed by atoms with Gasteiger partial charge in [-0.2, -0.15) is 4.39 Å². The van der Waals surface area contributed by atoms with Crippen LogP contribution in [0.2, 0.25) is 0 Å². The maximum atomic E-state index is 13.4. The first-order valence-electron chi connectivity index (χ1n) is 5.93. The van der Waals surface area contributed by atoms with Gasteiger partial charge in [0.1, 0.15) is 0 Å². The van der Waals surface area contributed by atoms with Gasteiger partial charge in [-0.3, -0.25) is 4.79 Å². The number of nitrogens with zero attached hydrogens (tertiary/aromatic N) is 1. The van der Waals surface area contributed by atoms with E-state index in [-0.39, 0.29) is 11.0 Å². The van der Waals surface area contributed by atoms with E-state index in [1.54, 1.807) is 17.4 Å². The maximum Gasteiger partial charge on any atom is 0.255 e. The summed E-state index contributed by atoms with van der Waals surface area (Å²) in [6.07, 6.45) is 1.32. The van der Waals surface area contributed by atoms with E-state index in [4.69, 9.17) is 0 Å². The molecule has 0 saturated heterocycles. The SMILES string of the molecule is CC(C)(CNC(=O)c1cccnc1F)c1cccs1. The number of pyridine rings is 1. The topological polar surface area (TPSA) is 42.0 Å². The minimum absolute atomic E-state index is 0.0236. The van der Waals surface area contributed by atoms with Crippen molar-refractivity contribution in [1.29, 1.82) is 0 Å². The van der Waals surface area contributed by atoms with Gasteiger partial charge in [0.25, 0.3) is 5.91 Å². The molecule has 19 heavy (non-hydrogen) atoms. The van der Waals surface area contributed by atoms with Gasteiger partial charge < -0.3 is 5.32 Å². The molecule has 3 nitrogen and oxygen atoms in total. The average molecular weight is 278 g/mol. The first kappa shape index (κ1) is 13.7. The summed E-state index contributed by atoms with van der Waals surface area (Å²) >= 11 is 1.64. The van der Waals surface area contributed by atoms with Crippen LogP contribution >= 0.6 is 11.3 Å². The van der Waals surface area contributed by atoms with Gasteiger partial charge in [0.2, 0.25) is 5.95 Å². The Bertz CT molecular complexity index is 567. The van der Waals surface area contributed by atoms with Crippen LogP contribution in [-0.2, 0) is 5.41 Å². The Morgan fingerprint density at radius 1 is 1.42 bits per heavy atom. The Hall–Kier alpha value is -1.75. The van der Waals surface area contributed by atoms with Crippen molar-refractivity contribution in [1.82, 2.24) is 10.3 Å². The Balaban J connectivity index is 2.03. The lowest BCUT2D eigenvalue weighted by Gasteiger charge is -2.23. The molecule has 0 saturated carbocycles. The molecule has 2 aromatic rings. The van der Waals surface area contributed by atoms with Gasteiger partial charge in [-0.1, -0.05) is 19.9 Å². The van der Waals surface area contributed by atoms with Crippen LogP contribution in [0.25, 0.3) is 0 Å². The molecule has 2 heterocycles. The Labute approximate surface area is 115 Å². The molecule has 0 bridgehead atoms. The van der Waals surface area contributed by atoms with E-state index in [1.165, 1.54) is 17.1 Å².